The summed E-state index contributed by atoms with van der Waals surface area (Å²) in [5, 5.41) is 3.32. The summed E-state index contributed by atoms with van der Waals surface area (Å²) >= 11 is 7.35. The molecule has 0 bridgehead atoms. The zero-order valence-corrected chi connectivity index (χ0v) is 16.4. The van der Waals surface area contributed by atoms with Crippen LogP contribution < -0.4 is 5.32 Å². The van der Waals surface area contributed by atoms with E-state index in [1.807, 2.05) is 18.2 Å². The third-order valence-corrected chi connectivity index (χ3v) is 4.69. The van der Waals surface area contributed by atoms with Crippen LogP contribution in [0, 0.1) is 0 Å². The summed E-state index contributed by atoms with van der Waals surface area (Å²) in [5.74, 6) is -0.676. The van der Waals surface area contributed by atoms with E-state index >= 15 is 0 Å². The fourth-order valence-corrected chi connectivity index (χ4v) is 3.24. The summed E-state index contributed by atoms with van der Waals surface area (Å²) in [7, 11) is 2.47. The summed E-state index contributed by atoms with van der Waals surface area (Å²) in [5.41, 5.74) is 1.61. The molecule has 0 heterocycles. The monoisotopic (exact) mass is 407 g/mol. The second-order valence-electron chi connectivity index (χ2n) is 5.45. The van der Waals surface area contributed by atoms with Crippen LogP contribution in [0.15, 0.2) is 42.5 Å². The van der Waals surface area contributed by atoms with Crippen LogP contribution in [0.5, 0.6) is 0 Å². The van der Waals surface area contributed by atoms with Gasteiger partial charge in [-0.3, -0.25) is 4.79 Å². The number of ether oxygens (including phenoxy) is 2. The minimum absolute atomic E-state index is 0.141. The maximum absolute atomic E-state index is 12.2. The molecule has 142 valence electrons. The molecule has 0 saturated heterocycles. The lowest BCUT2D eigenvalue weighted by Crippen LogP contribution is -2.16. The van der Waals surface area contributed by atoms with E-state index in [-0.39, 0.29) is 22.8 Å². The number of rotatable bonds is 7. The Kier molecular flexibility index (Phi) is 7.69. The van der Waals surface area contributed by atoms with Gasteiger partial charge >= 0.3 is 11.9 Å². The smallest absolute Gasteiger partial charge is 0.337 e. The average molecular weight is 408 g/mol. The van der Waals surface area contributed by atoms with Crippen LogP contribution in [0.4, 0.5) is 5.69 Å². The van der Waals surface area contributed by atoms with E-state index in [1.165, 1.54) is 44.2 Å². The van der Waals surface area contributed by atoms with Gasteiger partial charge in [-0.2, -0.15) is 0 Å². The fourth-order valence-electron chi connectivity index (χ4n) is 2.26. The molecule has 0 spiro atoms. The molecule has 2 aromatic carbocycles. The van der Waals surface area contributed by atoms with Crippen LogP contribution in [0.25, 0.3) is 0 Å². The van der Waals surface area contributed by atoms with Gasteiger partial charge in [0.25, 0.3) is 0 Å². The summed E-state index contributed by atoms with van der Waals surface area (Å²) in [6.07, 6.45) is 0. The van der Waals surface area contributed by atoms with Crippen molar-refractivity contribution >= 4 is 46.9 Å². The number of carbonyl (C=O) groups excluding carboxylic acids is 3. The fraction of sp³-hybridized carbons (Fsp3) is 0.211. The minimum Gasteiger partial charge on any atom is -0.465 e. The van der Waals surface area contributed by atoms with Gasteiger partial charge in [-0.25, -0.2) is 9.59 Å². The molecule has 0 radical (unpaired) electrons. The van der Waals surface area contributed by atoms with Crippen molar-refractivity contribution in [1.82, 2.24) is 0 Å². The standard InChI is InChI=1S/C19H18ClNO5S/c1-25-18(23)13-7-14(19(24)26-2)9-16(8-13)21-17(22)11-27-10-12-4-3-5-15(20)6-12/h3-9H,10-11H2,1-2H3,(H,21,22). The number of hydrogen-bond donors (Lipinski definition) is 1. The van der Waals surface area contributed by atoms with Gasteiger partial charge < -0.3 is 14.8 Å². The second-order valence-corrected chi connectivity index (χ2v) is 6.88. The summed E-state index contributed by atoms with van der Waals surface area (Å²) in [4.78, 5) is 35.7. The van der Waals surface area contributed by atoms with E-state index in [4.69, 9.17) is 11.6 Å². The second kappa shape index (κ2) is 9.99. The van der Waals surface area contributed by atoms with Crippen LogP contribution in [-0.2, 0) is 20.0 Å². The highest BCUT2D eigenvalue weighted by Gasteiger charge is 2.15. The highest BCUT2D eigenvalue weighted by atomic mass is 35.5. The number of halogens is 1. The molecular formula is C19H18ClNO5S. The lowest BCUT2D eigenvalue weighted by atomic mass is 10.1. The average Bonchev–Trinajstić information content (AvgIpc) is 2.66. The Morgan fingerprint density at radius 1 is 1.00 bits per heavy atom. The van der Waals surface area contributed by atoms with Crippen LogP contribution in [0.3, 0.4) is 0 Å². The van der Waals surface area contributed by atoms with Crippen LogP contribution in [0.1, 0.15) is 26.3 Å². The van der Waals surface area contributed by atoms with Crippen molar-refractivity contribution < 1.29 is 23.9 Å². The Labute approximate surface area is 166 Å². The third-order valence-electron chi connectivity index (χ3n) is 3.45. The molecule has 1 amide bonds. The predicted octanol–water partition coefficient (Wildman–Crippen LogP) is 3.79. The number of esters is 2. The third kappa shape index (κ3) is 6.30. The largest absolute Gasteiger partial charge is 0.465 e. The Morgan fingerprint density at radius 2 is 1.63 bits per heavy atom. The van der Waals surface area contributed by atoms with Gasteiger partial charge in [-0.15, -0.1) is 11.8 Å². The highest BCUT2D eigenvalue weighted by molar-refractivity contribution is 7.99. The number of nitrogens with one attached hydrogen (secondary N) is 1. The molecule has 1 N–H and O–H groups in total. The molecule has 2 aromatic rings. The molecule has 8 heteroatoms. The van der Waals surface area contributed by atoms with E-state index in [1.54, 1.807) is 6.07 Å². The van der Waals surface area contributed by atoms with Crippen molar-refractivity contribution in [3.05, 3.63) is 64.2 Å². The van der Waals surface area contributed by atoms with E-state index in [9.17, 15) is 14.4 Å². The van der Waals surface area contributed by atoms with Gasteiger partial charge in [0.05, 0.1) is 31.1 Å². The maximum atomic E-state index is 12.2. The Morgan fingerprint density at radius 3 is 2.19 bits per heavy atom. The topological polar surface area (TPSA) is 81.7 Å². The number of thioether (sulfide) groups is 1. The summed E-state index contributed by atoms with van der Waals surface area (Å²) in [6.45, 7) is 0. The molecule has 0 aliphatic carbocycles. The molecule has 2 rings (SSSR count). The van der Waals surface area contributed by atoms with Gasteiger partial charge in [0.15, 0.2) is 0 Å². The highest BCUT2D eigenvalue weighted by Crippen LogP contribution is 2.19. The Bertz CT molecular complexity index is 821. The Balaban J connectivity index is 2.03. The quantitative estimate of drug-likeness (QED) is 0.703. The summed E-state index contributed by atoms with van der Waals surface area (Å²) in [6, 6.07) is 11.6. The molecule has 0 saturated carbocycles. The van der Waals surface area contributed by atoms with Crippen LogP contribution in [0.2, 0.25) is 5.02 Å². The first kappa shape index (κ1) is 20.8. The predicted molar refractivity (Wildman–Crippen MR) is 105 cm³/mol. The van der Waals surface area contributed by atoms with Crippen LogP contribution >= 0.6 is 23.4 Å². The van der Waals surface area contributed by atoms with Gasteiger partial charge in [0.2, 0.25) is 5.91 Å². The number of anilines is 1. The molecular weight excluding hydrogens is 390 g/mol. The first-order valence-electron chi connectivity index (χ1n) is 7.86. The van der Waals surface area contributed by atoms with E-state index in [0.717, 1.165) is 5.56 Å². The van der Waals surface area contributed by atoms with Crippen molar-refractivity contribution in [3.63, 3.8) is 0 Å². The lowest BCUT2D eigenvalue weighted by molar-refractivity contribution is -0.113. The molecule has 27 heavy (non-hydrogen) atoms. The summed E-state index contributed by atoms with van der Waals surface area (Å²) < 4.78 is 9.34. The van der Waals surface area contributed by atoms with Crippen LogP contribution in [-0.4, -0.2) is 37.8 Å². The first-order chi connectivity index (χ1) is 12.9. The van der Waals surface area contributed by atoms with E-state index in [0.29, 0.717) is 16.5 Å². The lowest BCUT2D eigenvalue weighted by Gasteiger charge is -2.09. The van der Waals surface area contributed by atoms with Gasteiger partial charge in [0, 0.05) is 16.5 Å². The molecule has 0 atom stereocenters. The van der Waals surface area contributed by atoms with E-state index in [2.05, 4.69) is 14.8 Å². The SMILES string of the molecule is COC(=O)c1cc(NC(=O)CSCc2cccc(Cl)c2)cc(C(=O)OC)c1. The first-order valence-corrected chi connectivity index (χ1v) is 9.40. The van der Waals surface area contributed by atoms with E-state index < -0.39 is 11.9 Å². The number of hydrogen-bond acceptors (Lipinski definition) is 6. The number of amides is 1. The molecule has 0 aliphatic rings. The van der Waals surface area contributed by atoms with Crippen molar-refractivity contribution in [2.45, 2.75) is 5.75 Å². The van der Waals surface area contributed by atoms with Gasteiger partial charge in [0.1, 0.15) is 0 Å². The zero-order valence-electron chi connectivity index (χ0n) is 14.8. The molecule has 0 aromatic heterocycles. The molecule has 0 unspecified atom stereocenters. The maximum Gasteiger partial charge on any atom is 0.337 e. The number of benzene rings is 2. The van der Waals surface area contributed by atoms with Gasteiger partial charge in [-0.1, -0.05) is 23.7 Å². The van der Waals surface area contributed by atoms with Crippen molar-refractivity contribution in [1.29, 1.82) is 0 Å². The minimum atomic E-state index is -0.619. The Hall–Kier alpha value is -2.51. The number of carbonyl (C=O) groups is 3. The van der Waals surface area contributed by atoms with Crippen molar-refractivity contribution in [2.24, 2.45) is 0 Å². The molecule has 0 fully saturated rings. The van der Waals surface area contributed by atoms with Crippen molar-refractivity contribution in [2.75, 3.05) is 25.3 Å². The van der Waals surface area contributed by atoms with Gasteiger partial charge in [-0.05, 0) is 35.9 Å². The number of methoxy groups -OCH3 is 2. The van der Waals surface area contributed by atoms with Crippen molar-refractivity contribution in [3.8, 4) is 0 Å². The zero-order chi connectivity index (χ0) is 19.8. The normalized spacial score (nSPS) is 10.2. The molecule has 0 aliphatic heterocycles. The molecule has 6 nitrogen and oxygen atoms in total.